The van der Waals surface area contributed by atoms with Crippen molar-refractivity contribution in [2.24, 2.45) is 0 Å². The molecule has 0 heterocycles. The molecule has 0 aliphatic heterocycles. The second kappa shape index (κ2) is 7.50. The second-order valence-electron chi connectivity index (χ2n) is 4.88. The molecule has 0 saturated carbocycles. The van der Waals surface area contributed by atoms with E-state index in [1.165, 1.54) is 6.07 Å². The van der Waals surface area contributed by atoms with Gasteiger partial charge in [-0.15, -0.1) is 0 Å². The van der Waals surface area contributed by atoms with E-state index in [9.17, 15) is 8.42 Å². The lowest BCUT2D eigenvalue weighted by Crippen LogP contribution is -2.27. The van der Waals surface area contributed by atoms with Crippen LogP contribution in [-0.4, -0.2) is 22.6 Å². The third kappa shape index (κ3) is 4.15. The van der Waals surface area contributed by atoms with Crippen molar-refractivity contribution in [3.05, 3.63) is 51.6 Å². The smallest absolute Gasteiger partial charge is 0.241 e. The van der Waals surface area contributed by atoms with Gasteiger partial charge < -0.3 is 9.47 Å². The Morgan fingerprint density at radius 2 is 1.70 bits per heavy atom. The monoisotopic (exact) mass is 447 g/mol. The summed E-state index contributed by atoms with van der Waals surface area (Å²) >= 11 is 2.05. The Morgan fingerprint density at radius 3 is 2.30 bits per heavy atom. The maximum atomic E-state index is 12.6. The molecule has 2 aromatic rings. The summed E-state index contributed by atoms with van der Waals surface area (Å²) < 4.78 is 39.0. The number of nitrogens with one attached hydrogen (secondary N) is 1. The van der Waals surface area contributed by atoms with Gasteiger partial charge in [-0.2, -0.15) is 0 Å². The summed E-state index contributed by atoms with van der Waals surface area (Å²) in [6.07, 6.45) is 0. The molecule has 0 saturated heterocycles. The van der Waals surface area contributed by atoms with Crippen LogP contribution in [0.25, 0.3) is 0 Å². The van der Waals surface area contributed by atoms with Gasteiger partial charge in [0, 0.05) is 11.6 Å². The largest absolute Gasteiger partial charge is 0.496 e. The molecule has 7 heteroatoms. The molecule has 124 valence electrons. The molecule has 0 aliphatic rings. The van der Waals surface area contributed by atoms with Gasteiger partial charge in [-0.25, -0.2) is 13.1 Å². The molecular formula is C16H18INO4S. The van der Waals surface area contributed by atoms with E-state index in [1.807, 2.05) is 40.8 Å². The van der Waals surface area contributed by atoms with Crippen molar-refractivity contribution in [1.29, 1.82) is 0 Å². The summed E-state index contributed by atoms with van der Waals surface area (Å²) in [4.78, 5) is 0.199. The van der Waals surface area contributed by atoms with Crippen molar-refractivity contribution >= 4 is 32.6 Å². The minimum atomic E-state index is -3.65. The molecular weight excluding hydrogens is 429 g/mol. The zero-order chi connectivity index (χ0) is 17.0. The number of sulfonamides is 1. The third-order valence-electron chi connectivity index (χ3n) is 3.37. The van der Waals surface area contributed by atoms with Crippen LogP contribution < -0.4 is 14.2 Å². The van der Waals surface area contributed by atoms with E-state index in [0.29, 0.717) is 11.5 Å². The van der Waals surface area contributed by atoms with Gasteiger partial charge in [-0.05, 0) is 53.8 Å². The van der Waals surface area contributed by atoms with E-state index in [2.05, 4.69) is 4.72 Å². The van der Waals surface area contributed by atoms with E-state index in [0.717, 1.165) is 9.13 Å². The molecule has 0 bridgehead atoms. The summed E-state index contributed by atoms with van der Waals surface area (Å²) in [5.74, 6) is 1.29. The van der Waals surface area contributed by atoms with Crippen LogP contribution in [0.5, 0.6) is 11.5 Å². The predicted octanol–water partition coefficient (Wildman–Crippen LogP) is 3.35. The Bertz CT molecular complexity index is 792. The van der Waals surface area contributed by atoms with Gasteiger partial charge in [0.05, 0.1) is 22.7 Å². The highest BCUT2D eigenvalue weighted by Crippen LogP contribution is 2.27. The molecule has 0 aliphatic carbocycles. The Morgan fingerprint density at radius 1 is 1.04 bits per heavy atom. The van der Waals surface area contributed by atoms with Gasteiger partial charge in [0.15, 0.2) is 0 Å². The topological polar surface area (TPSA) is 64.6 Å². The third-order valence-corrected chi connectivity index (χ3v) is 5.75. The van der Waals surface area contributed by atoms with Gasteiger partial charge in [-0.3, -0.25) is 0 Å². The van der Waals surface area contributed by atoms with Crippen molar-refractivity contribution in [2.45, 2.75) is 17.9 Å². The van der Waals surface area contributed by atoms with Gasteiger partial charge in [-0.1, -0.05) is 18.2 Å². The number of rotatable bonds is 6. The summed E-state index contributed by atoms with van der Waals surface area (Å²) in [5.41, 5.74) is 0.779. The highest BCUT2D eigenvalue weighted by atomic mass is 127. The molecule has 1 N–H and O–H groups in total. The Balaban J connectivity index is 2.29. The number of halogens is 1. The number of benzene rings is 2. The zero-order valence-corrected chi connectivity index (χ0v) is 16.0. The lowest BCUT2D eigenvalue weighted by Gasteiger charge is -2.17. The van der Waals surface area contributed by atoms with Crippen LogP contribution in [0.2, 0.25) is 0 Å². The number of hydrogen-bond donors (Lipinski definition) is 1. The average molecular weight is 447 g/mol. The molecule has 0 fully saturated rings. The molecule has 23 heavy (non-hydrogen) atoms. The first-order chi connectivity index (χ1) is 10.9. The first-order valence-corrected chi connectivity index (χ1v) is 9.44. The maximum absolute atomic E-state index is 12.6. The fourth-order valence-corrected chi connectivity index (χ4v) is 4.40. The first kappa shape index (κ1) is 18.0. The van der Waals surface area contributed by atoms with Crippen LogP contribution >= 0.6 is 22.6 Å². The summed E-state index contributed by atoms with van der Waals surface area (Å²) in [7, 11) is -0.535. The molecule has 0 radical (unpaired) electrons. The maximum Gasteiger partial charge on any atom is 0.241 e. The number of hydrogen-bond acceptors (Lipinski definition) is 4. The molecule has 1 unspecified atom stereocenters. The lowest BCUT2D eigenvalue weighted by molar-refractivity contribution is 0.405. The fourth-order valence-electron chi connectivity index (χ4n) is 2.20. The quantitative estimate of drug-likeness (QED) is 0.691. The minimum Gasteiger partial charge on any atom is -0.496 e. The second-order valence-corrected chi connectivity index (χ2v) is 7.76. The van der Waals surface area contributed by atoms with Crippen molar-refractivity contribution < 1.29 is 17.9 Å². The van der Waals surface area contributed by atoms with Crippen LogP contribution in [0.15, 0.2) is 47.4 Å². The molecule has 2 rings (SSSR count). The molecule has 1 atom stereocenters. The Kier molecular flexibility index (Phi) is 5.88. The first-order valence-electron chi connectivity index (χ1n) is 6.88. The summed E-state index contributed by atoms with van der Waals surface area (Å²) in [5, 5.41) is 0. The summed E-state index contributed by atoms with van der Waals surface area (Å²) in [6, 6.07) is 11.7. The Labute approximate surface area is 150 Å². The molecule has 2 aromatic carbocycles. The highest BCUT2D eigenvalue weighted by molar-refractivity contribution is 14.1. The lowest BCUT2D eigenvalue weighted by atomic mass is 10.1. The molecule has 0 amide bonds. The van der Waals surface area contributed by atoms with Crippen LogP contribution in [0, 0.1) is 3.57 Å². The van der Waals surface area contributed by atoms with E-state index >= 15 is 0 Å². The fraction of sp³-hybridized carbons (Fsp3) is 0.250. The molecule has 0 aromatic heterocycles. The van der Waals surface area contributed by atoms with Crippen LogP contribution in [-0.2, 0) is 10.0 Å². The summed E-state index contributed by atoms with van der Waals surface area (Å²) in [6.45, 7) is 1.78. The van der Waals surface area contributed by atoms with E-state index < -0.39 is 16.1 Å². The minimum absolute atomic E-state index is 0.199. The van der Waals surface area contributed by atoms with Crippen LogP contribution in [0.3, 0.4) is 0 Å². The highest BCUT2D eigenvalue weighted by Gasteiger charge is 2.21. The molecule has 0 spiro atoms. The van der Waals surface area contributed by atoms with Crippen LogP contribution in [0.1, 0.15) is 18.5 Å². The SMILES string of the molecule is COc1ccc(S(=O)(=O)NC(C)c2ccccc2OC)cc1I. The van der Waals surface area contributed by atoms with Crippen molar-refractivity contribution in [3.63, 3.8) is 0 Å². The van der Waals surface area contributed by atoms with E-state index in [-0.39, 0.29) is 4.90 Å². The predicted molar refractivity (Wildman–Crippen MR) is 97.4 cm³/mol. The van der Waals surface area contributed by atoms with Gasteiger partial charge >= 0.3 is 0 Å². The standard InChI is InChI=1S/C16H18INO4S/c1-11(13-6-4-5-7-15(13)21-2)18-23(19,20)12-8-9-16(22-3)14(17)10-12/h4-11,18H,1-3H3. The van der Waals surface area contributed by atoms with Crippen LogP contribution in [0.4, 0.5) is 0 Å². The van der Waals surface area contributed by atoms with E-state index in [1.54, 1.807) is 39.3 Å². The average Bonchev–Trinajstić information content (AvgIpc) is 2.54. The Hall–Kier alpha value is -1.32. The van der Waals surface area contributed by atoms with Crippen molar-refractivity contribution in [1.82, 2.24) is 4.72 Å². The number of ether oxygens (including phenoxy) is 2. The zero-order valence-electron chi connectivity index (χ0n) is 13.0. The van der Waals surface area contributed by atoms with Gasteiger partial charge in [0.1, 0.15) is 11.5 Å². The van der Waals surface area contributed by atoms with Gasteiger partial charge in [0.2, 0.25) is 10.0 Å². The van der Waals surface area contributed by atoms with Crippen molar-refractivity contribution in [3.8, 4) is 11.5 Å². The van der Waals surface area contributed by atoms with Gasteiger partial charge in [0.25, 0.3) is 0 Å². The van der Waals surface area contributed by atoms with Crippen molar-refractivity contribution in [2.75, 3.05) is 14.2 Å². The number of para-hydroxylation sites is 1. The van der Waals surface area contributed by atoms with E-state index in [4.69, 9.17) is 9.47 Å². The number of methoxy groups -OCH3 is 2. The normalized spacial score (nSPS) is 12.7. The molecule has 5 nitrogen and oxygen atoms in total.